The minimum absolute atomic E-state index is 0.162. The summed E-state index contributed by atoms with van der Waals surface area (Å²) >= 11 is 0. The fourth-order valence-electron chi connectivity index (χ4n) is 4.18. The smallest absolute Gasteiger partial charge is 0.324 e. The molecule has 2 fully saturated rings. The van der Waals surface area contributed by atoms with E-state index < -0.39 is 28.1 Å². The van der Waals surface area contributed by atoms with Crippen molar-refractivity contribution < 1.29 is 23.2 Å². The lowest BCUT2D eigenvalue weighted by molar-refractivity contribution is -0.147. The molecule has 3 atom stereocenters. The van der Waals surface area contributed by atoms with Gasteiger partial charge in [-0.3, -0.25) is 4.79 Å². The summed E-state index contributed by atoms with van der Waals surface area (Å²) in [5.41, 5.74) is 1.53. The summed E-state index contributed by atoms with van der Waals surface area (Å²) in [6, 6.07) is 5.32. The molecule has 1 aliphatic carbocycles. The van der Waals surface area contributed by atoms with Gasteiger partial charge in [0, 0.05) is 12.0 Å². The van der Waals surface area contributed by atoms with E-state index in [1.165, 1.54) is 4.31 Å². The normalized spacial score (nSPS) is 27.9. The van der Waals surface area contributed by atoms with Crippen molar-refractivity contribution in [3.05, 3.63) is 29.8 Å². The van der Waals surface area contributed by atoms with Crippen LogP contribution in [-0.4, -0.2) is 48.3 Å². The Bertz CT molecular complexity index is 819. The van der Waals surface area contributed by atoms with Crippen LogP contribution in [0.4, 0.5) is 0 Å². The number of sulfonamides is 1. The highest BCUT2D eigenvalue weighted by Gasteiger charge is 2.53. The highest BCUT2D eigenvalue weighted by atomic mass is 32.2. The third kappa shape index (κ3) is 3.73. The van der Waals surface area contributed by atoms with Gasteiger partial charge in [0.2, 0.25) is 10.0 Å². The number of hydrogen-bond donors (Lipinski definition) is 1. The maximum Gasteiger partial charge on any atom is 0.324 e. The van der Waals surface area contributed by atoms with E-state index in [-0.39, 0.29) is 23.8 Å². The van der Waals surface area contributed by atoms with Crippen LogP contribution in [0.5, 0.6) is 0 Å². The molecule has 1 N–H and O–H groups in total. The van der Waals surface area contributed by atoms with Gasteiger partial charge in [-0.25, -0.2) is 8.42 Å². The lowest BCUT2D eigenvalue weighted by atomic mass is 9.92. The highest BCUT2D eigenvalue weighted by molar-refractivity contribution is 7.89. The Morgan fingerprint density at radius 2 is 2.00 bits per heavy atom. The number of fused-ring (bicyclic) bond motifs is 1. The zero-order chi connectivity index (χ0) is 19.6. The Kier molecular flexibility index (Phi) is 5.86. The van der Waals surface area contributed by atoms with Gasteiger partial charge in [0.05, 0.1) is 17.2 Å². The van der Waals surface area contributed by atoms with E-state index in [0.29, 0.717) is 18.6 Å². The zero-order valence-corrected chi connectivity index (χ0v) is 16.5. The van der Waals surface area contributed by atoms with Gasteiger partial charge in [-0.15, -0.1) is 0 Å². The number of rotatable bonds is 4. The largest absolute Gasteiger partial charge is 0.465 e. The molecule has 0 radical (unpaired) electrons. The van der Waals surface area contributed by atoms with Crippen molar-refractivity contribution in [2.45, 2.75) is 62.9 Å². The van der Waals surface area contributed by atoms with E-state index in [1.54, 1.807) is 31.2 Å². The topological polar surface area (TPSA) is 96.3 Å². The summed E-state index contributed by atoms with van der Waals surface area (Å²) < 4.78 is 33.4. The number of hydrogen-bond acceptors (Lipinski definition) is 6. The zero-order valence-electron chi connectivity index (χ0n) is 15.7. The Morgan fingerprint density at radius 1 is 1.30 bits per heavy atom. The fourth-order valence-corrected chi connectivity index (χ4v) is 6.02. The van der Waals surface area contributed by atoms with Crippen molar-refractivity contribution in [3.8, 4) is 0 Å². The molecule has 1 aliphatic heterocycles. The van der Waals surface area contributed by atoms with Crippen LogP contribution in [0, 0.1) is 12.8 Å². The molecule has 0 spiro atoms. The Hall–Kier alpha value is -1.93. The number of carbonyl (C=O) groups excluding carboxylic acids is 1. The number of esters is 1. The number of ether oxygens (including phenoxy) is 1. The molecule has 1 aromatic rings. The average Bonchev–Trinajstić information content (AvgIpc) is 2.92. The van der Waals surface area contributed by atoms with Crippen LogP contribution in [0.1, 0.15) is 44.6 Å². The molecular weight excluding hydrogens is 368 g/mol. The predicted molar refractivity (Wildman–Crippen MR) is 100 cm³/mol. The molecule has 1 saturated heterocycles. The first-order valence-electron chi connectivity index (χ1n) is 9.37. The third-order valence-corrected chi connectivity index (χ3v) is 7.42. The van der Waals surface area contributed by atoms with Crippen molar-refractivity contribution in [1.82, 2.24) is 4.31 Å². The molecule has 1 heterocycles. The first-order valence-corrected chi connectivity index (χ1v) is 10.8. The monoisotopic (exact) mass is 394 g/mol. The van der Waals surface area contributed by atoms with Crippen molar-refractivity contribution in [1.29, 1.82) is 0 Å². The molecule has 0 amide bonds. The molecule has 0 unspecified atom stereocenters. The van der Waals surface area contributed by atoms with Crippen molar-refractivity contribution in [2.75, 3.05) is 6.61 Å². The van der Waals surface area contributed by atoms with Crippen LogP contribution in [0.3, 0.4) is 0 Å². The van der Waals surface area contributed by atoms with Crippen LogP contribution in [0.2, 0.25) is 0 Å². The number of aryl methyl sites for hydroxylation is 1. The van der Waals surface area contributed by atoms with Gasteiger partial charge < -0.3 is 9.94 Å². The molecule has 3 rings (SSSR count). The Morgan fingerprint density at radius 3 is 2.63 bits per heavy atom. The van der Waals surface area contributed by atoms with Gasteiger partial charge in [0.25, 0.3) is 0 Å². The van der Waals surface area contributed by atoms with Crippen LogP contribution in [0.25, 0.3) is 0 Å². The lowest BCUT2D eigenvalue weighted by Gasteiger charge is -2.29. The molecule has 148 valence electrons. The highest BCUT2D eigenvalue weighted by Crippen LogP contribution is 2.41. The van der Waals surface area contributed by atoms with Gasteiger partial charge in [-0.1, -0.05) is 29.3 Å². The second kappa shape index (κ2) is 7.98. The number of carbonyl (C=O) groups is 1. The summed E-state index contributed by atoms with van der Waals surface area (Å²) in [5, 5.41) is 12.9. The number of oxime groups is 1. The molecule has 0 aromatic heterocycles. The second-order valence-corrected chi connectivity index (χ2v) is 9.01. The molecular formula is C19H26N2O5S. The third-order valence-electron chi connectivity index (χ3n) is 5.47. The molecule has 0 bridgehead atoms. The van der Waals surface area contributed by atoms with E-state index in [4.69, 9.17) is 4.74 Å². The minimum atomic E-state index is -3.89. The van der Waals surface area contributed by atoms with Gasteiger partial charge in [0.1, 0.15) is 6.04 Å². The van der Waals surface area contributed by atoms with E-state index in [0.717, 1.165) is 18.4 Å². The minimum Gasteiger partial charge on any atom is -0.465 e. The van der Waals surface area contributed by atoms with Gasteiger partial charge in [-0.2, -0.15) is 4.31 Å². The summed E-state index contributed by atoms with van der Waals surface area (Å²) in [7, 11) is -3.89. The molecule has 2 aliphatic rings. The van der Waals surface area contributed by atoms with Gasteiger partial charge in [-0.05, 0) is 51.7 Å². The van der Waals surface area contributed by atoms with E-state index >= 15 is 0 Å². The molecule has 1 aromatic carbocycles. The maximum atomic E-state index is 13.4. The van der Waals surface area contributed by atoms with Crippen LogP contribution >= 0.6 is 0 Å². The van der Waals surface area contributed by atoms with Crippen LogP contribution in [0.15, 0.2) is 34.3 Å². The van der Waals surface area contributed by atoms with Crippen molar-refractivity contribution >= 4 is 21.7 Å². The van der Waals surface area contributed by atoms with E-state index in [2.05, 4.69) is 5.16 Å². The molecule has 7 nitrogen and oxygen atoms in total. The predicted octanol–water partition coefficient (Wildman–Crippen LogP) is 2.71. The van der Waals surface area contributed by atoms with Gasteiger partial charge in [0.15, 0.2) is 0 Å². The average molecular weight is 394 g/mol. The Balaban J connectivity index is 2.06. The number of nitrogens with zero attached hydrogens (tertiary/aromatic N) is 2. The quantitative estimate of drug-likeness (QED) is 0.481. The summed E-state index contributed by atoms with van der Waals surface area (Å²) in [5.74, 6) is -0.814. The number of benzene rings is 1. The SMILES string of the molecule is CCOC(=O)[C@H]1C[C@H]2/C(=N\O)CCCC[C@H]2N1S(=O)(=O)c1ccc(C)cc1. The summed E-state index contributed by atoms with van der Waals surface area (Å²) in [6.07, 6.45) is 3.19. The van der Waals surface area contributed by atoms with Crippen molar-refractivity contribution in [2.24, 2.45) is 11.1 Å². The van der Waals surface area contributed by atoms with E-state index in [1.807, 2.05) is 6.92 Å². The lowest BCUT2D eigenvalue weighted by Crippen LogP contribution is -2.46. The first-order chi connectivity index (χ1) is 12.9. The molecule has 1 saturated carbocycles. The Labute approximate surface area is 160 Å². The van der Waals surface area contributed by atoms with E-state index in [9.17, 15) is 18.4 Å². The van der Waals surface area contributed by atoms with Crippen LogP contribution in [-0.2, 0) is 19.6 Å². The van der Waals surface area contributed by atoms with Crippen LogP contribution < -0.4 is 0 Å². The fraction of sp³-hybridized carbons (Fsp3) is 0.579. The first kappa shape index (κ1) is 19.8. The molecule has 27 heavy (non-hydrogen) atoms. The second-order valence-electron chi connectivity index (χ2n) is 7.16. The van der Waals surface area contributed by atoms with Crippen molar-refractivity contribution in [3.63, 3.8) is 0 Å². The maximum absolute atomic E-state index is 13.4. The molecule has 8 heteroatoms. The summed E-state index contributed by atoms with van der Waals surface area (Å²) in [4.78, 5) is 12.7. The standard InChI is InChI=1S/C19H26N2O5S/c1-3-26-19(22)18-12-15-16(20-23)6-4-5-7-17(15)21(18)27(24,25)14-10-8-13(2)9-11-14/h8-11,15,17-18,23H,3-7,12H2,1-2H3/b20-16-/t15-,17+,18+/m0/s1. The summed E-state index contributed by atoms with van der Waals surface area (Å²) in [6.45, 7) is 3.77. The van der Waals surface area contributed by atoms with Gasteiger partial charge >= 0.3 is 5.97 Å².